The monoisotopic (exact) mass is 395 g/mol. The SMILES string of the molecule is COc1ccc2nc(NC(N)=[NH+]C(=S)Nc3ccc(C)c(C)c3)nc(C)c2c1. The van der Waals surface area contributed by atoms with Gasteiger partial charge in [0, 0.05) is 5.39 Å². The van der Waals surface area contributed by atoms with Crippen molar-refractivity contribution in [2.24, 2.45) is 5.73 Å². The van der Waals surface area contributed by atoms with Crippen LogP contribution in [0.1, 0.15) is 16.8 Å². The van der Waals surface area contributed by atoms with E-state index in [1.807, 2.05) is 50.2 Å². The number of thiocarbonyl (C=S) groups is 1. The van der Waals surface area contributed by atoms with Crippen molar-refractivity contribution in [2.75, 3.05) is 17.7 Å². The number of hydrogen-bond acceptors (Lipinski definition) is 4. The first kappa shape index (κ1) is 19.5. The van der Waals surface area contributed by atoms with E-state index in [1.165, 1.54) is 11.1 Å². The lowest BCUT2D eigenvalue weighted by atomic mass is 10.1. The van der Waals surface area contributed by atoms with E-state index in [2.05, 4.69) is 32.5 Å². The number of guanidine groups is 1. The van der Waals surface area contributed by atoms with Crippen molar-refractivity contribution in [3.8, 4) is 5.75 Å². The summed E-state index contributed by atoms with van der Waals surface area (Å²) in [7, 11) is 1.63. The fourth-order valence-corrected chi connectivity index (χ4v) is 2.93. The van der Waals surface area contributed by atoms with Crippen LogP contribution < -0.4 is 26.1 Å². The van der Waals surface area contributed by atoms with Crippen LogP contribution in [0.5, 0.6) is 5.75 Å². The number of aryl methyl sites for hydroxylation is 3. The Morgan fingerprint density at radius 1 is 1.04 bits per heavy atom. The summed E-state index contributed by atoms with van der Waals surface area (Å²) in [6.45, 7) is 6.02. The molecular weight excluding hydrogens is 372 g/mol. The lowest BCUT2D eigenvalue weighted by molar-refractivity contribution is -0.311. The molecule has 144 valence electrons. The van der Waals surface area contributed by atoms with E-state index in [1.54, 1.807) is 7.11 Å². The molecule has 5 N–H and O–H groups in total. The Kier molecular flexibility index (Phi) is 5.70. The van der Waals surface area contributed by atoms with Gasteiger partial charge in [0.25, 0.3) is 11.1 Å². The van der Waals surface area contributed by atoms with Gasteiger partial charge in [-0.3, -0.25) is 5.32 Å². The first-order valence-corrected chi connectivity index (χ1v) is 9.13. The van der Waals surface area contributed by atoms with Gasteiger partial charge in [-0.05, 0) is 74.4 Å². The quantitative estimate of drug-likeness (QED) is 0.305. The third-order valence-corrected chi connectivity index (χ3v) is 4.56. The van der Waals surface area contributed by atoms with Gasteiger partial charge in [-0.15, -0.1) is 0 Å². The molecule has 0 bridgehead atoms. The molecule has 0 aliphatic carbocycles. The number of anilines is 2. The molecule has 0 radical (unpaired) electrons. The molecule has 7 nitrogen and oxygen atoms in total. The second-order valence-corrected chi connectivity index (χ2v) is 6.84. The van der Waals surface area contributed by atoms with Gasteiger partial charge in [0.2, 0.25) is 0 Å². The van der Waals surface area contributed by atoms with Gasteiger partial charge in [0.1, 0.15) is 5.75 Å². The Labute approximate surface area is 169 Å². The molecule has 2 aromatic carbocycles. The summed E-state index contributed by atoms with van der Waals surface area (Å²) in [5.74, 6) is 1.37. The van der Waals surface area contributed by atoms with E-state index in [-0.39, 0.29) is 5.96 Å². The van der Waals surface area contributed by atoms with E-state index in [0.29, 0.717) is 11.1 Å². The summed E-state index contributed by atoms with van der Waals surface area (Å²) in [4.78, 5) is 11.8. The number of methoxy groups -OCH3 is 1. The summed E-state index contributed by atoms with van der Waals surface area (Å²) in [6, 6.07) is 11.7. The van der Waals surface area contributed by atoms with E-state index < -0.39 is 0 Å². The van der Waals surface area contributed by atoms with Crippen LogP contribution in [0.3, 0.4) is 0 Å². The molecule has 0 unspecified atom stereocenters. The van der Waals surface area contributed by atoms with E-state index in [0.717, 1.165) is 28.0 Å². The average molecular weight is 396 g/mol. The fraction of sp³-hybridized carbons (Fsp3) is 0.200. The highest BCUT2D eigenvalue weighted by Gasteiger charge is 2.10. The van der Waals surface area contributed by atoms with Crippen LogP contribution in [0.2, 0.25) is 0 Å². The lowest BCUT2D eigenvalue weighted by Crippen LogP contribution is -2.82. The van der Waals surface area contributed by atoms with Crippen LogP contribution in [0.4, 0.5) is 11.6 Å². The predicted octanol–water partition coefficient (Wildman–Crippen LogP) is 1.77. The molecule has 28 heavy (non-hydrogen) atoms. The molecule has 1 aromatic heterocycles. The summed E-state index contributed by atoms with van der Waals surface area (Å²) < 4.78 is 5.25. The molecule has 0 saturated heterocycles. The van der Waals surface area contributed by atoms with Gasteiger partial charge in [0.15, 0.2) is 0 Å². The maximum atomic E-state index is 6.02. The van der Waals surface area contributed by atoms with Crippen molar-refractivity contribution >= 4 is 45.8 Å². The van der Waals surface area contributed by atoms with E-state index in [4.69, 9.17) is 22.7 Å². The Morgan fingerprint density at radius 2 is 1.82 bits per heavy atom. The highest BCUT2D eigenvalue weighted by Crippen LogP contribution is 2.22. The molecule has 1 heterocycles. The van der Waals surface area contributed by atoms with Gasteiger partial charge < -0.3 is 10.5 Å². The number of ether oxygens (including phenoxy) is 1. The molecule has 0 atom stereocenters. The average Bonchev–Trinajstić information content (AvgIpc) is 2.64. The minimum Gasteiger partial charge on any atom is -0.497 e. The topological polar surface area (TPSA) is 99.1 Å². The second-order valence-electron chi connectivity index (χ2n) is 6.43. The Hall–Kier alpha value is -3.26. The fourth-order valence-electron chi connectivity index (χ4n) is 2.70. The van der Waals surface area contributed by atoms with Gasteiger partial charge in [-0.25, -0.2) is 20.3 Å². The molecule has 0 aliphatic rings. The Bertz CT molecular complexity index is 1080. The number of nitrogens with two attached hydrogens (primary N) is 1. The van der Waals surface area contributed by atoms with Crippen molar-refractivity contribution in [1.29, 1.82) is 0 Å². The van der Waals surface area contributed by atoms with Crippen LogP contribution in [-0.4, -0.2) is 28.1 Å². The van der Waals surface area contributed by atoms with Crippen molar-refractivity contribution in [3.63, 3.8) is 0 Å². The van der Waals surface area contributed by atoms with Crippen molar-refractivity contribution in [3.05, 3.63) is 53.2 Å². The minimum atomic E-state index is 0.230. The number of benzene rings is 2. The maximum Gasteiger partial charge on any atom is 0.312 e. The zero-order valence-corrected chi connectivity index (χ0v) is 17.1. The van der Waals surface area contributed by atoms with Crippen LogP contribution in [0, 0.1) is 20.8 Å². The smallest absolute Gasteiger partial charge is 0.312 e. The van der Waals surface area contributed by atoms with Gasteiger partial charge >= 0.3 is 5.96 Å². The van der Waals surface area contributed by atoms with Crippen molar-refractivity contribution in [2.45, 2.75) is 20.8 Å². The highest BCUT2D eigenvalue weighted by atomic mass is 32.1. The zero-order chi connectivity index (χ0) is 20.3. The summed E-state index contributed by atoms with van der Waals surface area (Å²) >= 11 is 5.32. The van der Waals surface area contributed by atoms with Gasteiger partial charge in [0.05, 0.1) is 24.0 Å². The summed E-state index contributed by atoms with van der Waals surface area (Å²) in [5, 5.41) is 7.34. The third kappa shape index (κ3) is 4.52. The van der Waals surface area contributed by atoms with E-state index in [9.17, 15) is 0 Å². The lowest BCUT2D eigenvalue weighted by Gasteiger charge is -2.07. The highest BCUT2D eigenvalue weighted by molar-refractivity contribution is 7.80. The number of fused-ring (bicyclic) bond motifs is 1. The van der Waals surface area contributed by atoms with E-state index >= 15 is 0 Å². The predicted molar refractivity (Wildman–Crippen MR) is 117 cm³/mol. The molecule has 8 heteroatoms. The van der Waals surface area contributed by atoms with Crippen LogP contribution >= 0.6 is 12.2 Å². The number of aromatic nitrogens is 2. The van der Waals surface area contributed by atoms with Gasteiger partial charge in [-0.1, -0.05) is 6.07 Å². The van der Waals surface area contributed by atoms with Gasteiger partial charge in [-0.2, -0.15) is 0 Å². The number of nitrogens with zero attached hydrogens (tertiary/aromatic N) is 2. The van der Waals surface area contributed by atoms with Crippen LogP contribution in [0.25, 0.3) is 10.9 Å². The van der Waals surface area contributed by atoms with Crippen molar-refractivity contribution in [1.82, 2.24) is 9.97 Å². The second kappa shape index (κ2) is 8.18. The van der Waals surface area contributed by atoms with Crippen molar-refractivity contribution < 1.29 is 9.73 Å². The third-order valence-electron chi connectivity index (χ3n) is 4.35. The van der Waals surface area contributed by atoms with Crippen LogP contribution in [-0.2, 0) is 0 Å². The Morgan fingerprint density at radius 3 is 2.54 bits per heavy atom. The maximum absolute atomic E-state index is 6.02. The first-order valence-electron chi connectivity index (χ1n) is 8.73. The molecular formula is C20H23N6OS+. The summed E-state index contributed by atoms with van der Waals surface area (Å²) in [5.41, 5.74) is 10.9. The molecule has 3 aromatic rings. The minimum absolute atomic E-state index is 0.230. The Balaban J connectivity index is 1.74. The molecule has 0 aliphatic heterocycles. The molecule has 0 fully saturated rings. The number of rotatable bonds is 3. The first-order chi connectivity index (χ1) is 13.4. The zero-order valence-electron chi connectivity index (χ0n) is 16.3. The molecule has 3 rings (SSSR count). The summed E-state index contributed by atoms with van der Waals surface area (Å²) in [6.07, 6.45) is 0. The number of hydrogen-bond donors (Lipinski definition) is 4. The standard InChI is InChI=1S/C20H22N6OS/c1-11-5-6-14(9-12(11)2)23-20(28)26-18(21)25-19-22-13(3)16-10-15(27-4)7-8-17(16)24-19/h5-10H,1-4H3,(H4,21,22,23,24,25,26,28)/p+1. The normalized spacial score (nSPS) is 11.4. The number of nitrogens with one attached hydrogen (secondary N) is 3. The molecule has 0 saturated carbocycles. The molecule has 0 spiro atoms. The van der Waals surface area contributed by atoms with Crippen LogP contribution in [0.15, 0.2) is 36.4 Å². The molecule has 0 amide bonds. The largest absolute Gasteiger partial charge is 0.497 e.